The fraction of sp³-hybridized carbons (Fsp3) is 0.583. The van der Waals surface area contributed by atoms with Gasteiger partial charge in [0.25, 0.3) is 0 Å². The monoisotopic (exact) mass is 223 g/mol. The molecule has 1 aliphatic carbocycles. The number of aromatic nitrogens is 1. The summed E-state index contributed by atoms with van der Waals surface area (Å²) in [5.74, 6) is -0.576. The lowest BCUT2D eigenvalue weighted by Gasteiger charge is -2.09. The van der Waals surface area contributed by atoms with Crippen molar-refractivity contribution in [2.24, 2.45) is 0 Å². The zero-order chi connectivity index (χ0) is 11.5. The van der Waals surface area contributed by atoms with Crippen molar-refractivity contribution in [3.63, 3.8) is 0 Å². The number of carbonyl (C=O) groups excluding carboxylic acids is 1. The molecule has 0 saturated heterocycles. The van der Waals surface area contributed by atoms with Gasteiger partial charge in [-0.05, 0) is 37.3 Å². The Labute approximate surface area is 94.6 Å². The molecule has 0 fully saturated rings. The minimum atomic E-state index is -1.06. The number of ether oxygens (including phenoxy) is 1. The van der Waals surface area contributed by atoms with Gasteiger partial charge in [-0.2, -0.15) is 0 Å². The number of aliphatic hydroxyl groups excluding tert-OH is 1. The topological polar surface area (TPSA) is 62.3 Å². The Bertz CT molecular complexity index is 360. The van der Waals surface area contributed by atoms with E-state index < -0.39 is 12.1 Å². The molecule has 0 aliphatic heterocycles. The summed E-state index contributed by atoms with van der Waals surface area (Å²) in [5.41, 5.74) is 3.52. The van der Waals surface area contributed by atoms with Gasteiger partial charge in [0.15, 0.2) is 6.10 Å². The summed E-state index contributed by atoms with van der Waals surface area (Å²) in [4.78, 5) is 14.3. The maximum Gasteiger partial charge on any atom is 0.335 e. The van der Waals surface area contributed by atoms with Crippen LogP contribution in [0.15, 0.2) is 6.07 Å². The van der Waals surface area contributed by atoms with E-state index in [9.17, 15) is 9.90 Å². The van der Waals surface area contributed by atoms with Crippen LogP contribution in [0.1, 0.15) is 29.8 Å². The molecule has 1 aliphatic rings. The van der Waals surface area contributed by atoms with Crippen molar-refractivity contribution in [2.45, 2.75) is 38.2 Å². The number of fused-ring (bicyclic) bond motifs is 1. The number of methoxy groups -OCH3 is 1. The van der Waals surface area contributed by atoms with Crippen LogP contribution in [-0.2, 0) is 28.8 Å². The van der Waals surface area contributed by atoms with Crippen molar-refractivity contribution < 1.29 is 14.6 Å². The van der Waals surface area contributed by atoms with Crippen LogP contribution in [0.3, 0.4) is 0 Å². The van der Waals surface area contributed by atoms with Crippen LogP contribution in [-0.4, -0.2) is 29.3 Å². The number of aliphatic hydroxyl groups is 1. The first-order chi connectivity index (χ1) is 7.70. The first kappa shape index (κ1) is 11.2. The van der Waals surface area contributed by atoms with E-state index >= 15 is 0 Å². The van der Waals surface area contributed by atoms with E-state index in [-0.39, 0.29) is 0 Å². The summed E-state index contributed by atoms with van der Waals surface area (Å²) in [7, 11) is 1.28. The van der Waals surface area contributed by atoms with Crippen LogP contribution < -0.4 is 0 Å². The van der Waals surface area contributed by atoms with E-state index in [4.69, 9.17) is 0 Å². The largest absolute Gasteiger partial charge is 0.467 e. The van der Waals surface area contributed by atoms with E-state index in [1.165, 1.54) is 31.2 Å². The highest BCUT2D eigenvalue weighted by atomic mass is 16.5. The van der Waals surface area contributed by atoms with Gasteiger partial charge in [-0.15, -0.1) is 0 Å². The van der Waals surface area contributed by atoms with Gasteiger partial charge in [-0.1, -0.05) is 0 Å². The molecule has 0 bridgehead atoms. The molecule has 1 aromatic heterocycles. The van der Waals surface area contributed by atoms with Crippen LogP contribution in [0.5, 0.6) is 0 Å². The van der Waals surface area contributed by atoms with Gasteiger partial charge in [0, 0.05) is 17.8 Å². The third kappa shape index (κ3) is 2.27. The average molecular weight is 223 g/mol. The maximum atomic E-state index is 11.1. The maximum absolute atomic E-state index is 11.1. The molecular weight excluding hydrogens is 206 g/mol. The molecular formula is C12H17NO3. The summed E-state index contributed by atoms with van der Waals surface area (Å²) < 4.78 is 4.48. The molecule has 88 valence electrons. The van der Waals surface area contributed by atoms with Crippen LogP contribution >= 0.6 is 0 Å². The van der Waals surface area contributed by atoms with Gasteiger partial charge < -0.3 is 14.8 Å². The Balaban J connectivity index is 2.04. The molecule has 0 saturated carbocycles. The summed E-state index contributed by atoms with van der Waals surface area (Å²) in [5, 5.41) is 9.54. The highest BCUT2D eigenvalue weighted by Gasteiger charge is 2.19. The van der Waals surface area contributed by atoms with E-state index in [0.29, 0.717) is 6.42 Å². The predicted octanol–water partition coefficient (Wildman–Crippen LogP) is 0.970. The molecule has 1 aromatic rings. The lowest BCUT2D eigenvalue weighted by Crippen LogP contribution is -2.24. The van der Waals surface area contributed by atoms with Crippen LogP contribution in [0, 0.1) is 0 Å². The number of aryl methyl sites for hydroxylation is 2. The Morgan fingerprint density at radius 1 is 1.56 bits per heavy atom. The van der Waals surface area contributed by atoms with Gasteiger partial charge in [-0.3, -0.25) is 0 Å². The van der Waals surface area contributed by atoms with Gasteiger partial charge in [0.05, 0.1) is 7.11 Å². The zero-order valence-corrected chi connectivity index (χ0v) is 9.45. The molecule has 0 radical (unpaired) electrons. The quantitative estimate of drug-likeness (QED) is 0.750. The number of esters is 1. The van der Waals surface area contributed by atoms with E-state index in [2.05, 4.69) is 15.8 Å². The Kier molecular flexibility index (Phi) is 3.29. The van der Waals surface area contributed by atoms with Crippen molar-refractivity contribution in [1.82, 2.24) is 4.98 Å². The average Bonchev–Trinajstić information content (AvgIpc) is 2.69. The number of hydrogen-bond acceptors (Lipinski definition) is 3. The Morgan fingerprint density at radius 3 is 3.00 bits per heavy atom. The summed E-state index contributed by atoms with van der Waals surface area (Å²) in [6.45, 7) is 0. The summed E-state index contributed by atoms with van der Waals surface area (Å²) in [6.07, 6.45) is 3.85. The van der Waals surface area contributed by atoms with Crippen LogP contribution in [0.2, 0.25) is 0 Å². The molecule has 1 unspecified atom stereocenters. The van der Waals surface area contributed by atoms with Gasteiger partial charge in [-0.25, -0.2) is 4.79 Å². The number of carbonyl (C=O) groups is 1. The van der Waals surface area contributed by atoms with Gasteiger partial charge >= 0.3 is 5.97 Å². The third-order valence-corrected chi connectivity index (χ3v) is 3.06. The van der Waals surface area contributed by atoms with Crippen molar-refractivity contribution in [2.75, 3.05) is 7.11 Å². The van der Waals surface area contributed by atoms with Crippen molar-refractivity contribution in [1.29, 1.82) is 0 Å². The zero-order valence-electron chi connectivity index (χ0n) is 9.45. The van der Waals surface area contributed by atoms with E-state index in [1.807, 2.05) is 0 Å². The minimum Gasteiger partial charge on any atom is -0.467 e. The van der Waals surface area contributed by atoms with Crippen molar-refractivity contribution in [3.8, 4) is 0 Å². The molecule has 1 heterocycles. The SMILES string of the molecule is COC(=O)C(O)Cc1cc2c([nH]1)CCCC2. The van der Waals surface area contributed by atoms with E-state index in [1.54, 1.807) is 0 Å². The standard InChI is InChI=1S/C12H17NO3/c1-16-12(15)11(14)7-9-6-8-4-2-3-5-10(8)13-9/h6,11,13-14H,2-5,7H2,1H3. The van der Waals surface area contributed by atoms with Gasteiger partial charge in [0.2, 0.25) is 0 Å². The number of H-pyrrole nitrogens is 1. The highest BCUT2D eigenvalue weighted by Crippen LogP contribution is 2.22. The number of aromatic amines is 1. The second-order valence-electron chi connectivity index (χ2n) is 4.25. The molecule has 4 nitrogen and oxygen atoms in total. The Hall–Kier alpha value is -1.29. The number of rotatable bonds is 3. The van der Waals surface area contributed by atoms with Crippen molar-refractivity contribution in [3.05, 3.63) is 23.0 Å². The summed E-state index contributed by atoms with van der Waals surface area (Å²) in [6, 6.07) is 2.06. The fourth-order valence-corrected chi connectivity index (χ4v) is 2.21. The third-order valence-electron chi connectivity index (χ3n) is 3.06. The predicted molar refractivity (Wildman–Crippen MR) is 59.2 cm³/mol. The normalized spacial score (nSPS) is 16.6. The van der Waals surface area contributed by atoms with Crippen LogP contribution in [0.4, 0.5) is 0 Å². The first-order valence-electron chi connectivity index (χ1n) is 5.66. The molecule has 2 N–H and O–H groups in total. The minimum absolute atomic E-state index is 0.305. The molecule has 1 atom stereocenters. The van der Waals surface area contributed by atoms with Crippen molar-refractivity contribution >= 4 is 5.97 Å². The second kappa shape index (κ2) is 4.70. The lowest BCUT2D eigenvalue weighted by molar-refractivity contribution is -0.150. The molecule has 4 heteroatoms. The number of nitrogens with one attached hydrogen (secondary N) is 1. The smallest absolute Gasteiger partial charge is 0.335 e. The molecule has 2 rings (SSSR count). The first-order valence-corrected chi connectivity index (χ1v) is 5.66. The summed E-state index contributed by atoms with van der Waals surface area (Å²) >= 11 is 0. The molecule has 0 amide bonds. The molecule has 16 heavy (non-hydrogen) atoms. The Morgan fingerprint density at radius 2 is 2.31 bits per heavy atom. The molecule has 0 spiro atoms. The fourth-order valence-electron chi connectivity index (χ4n) is 2.21. The van der Waals surface area contributed by atoms with Gasteiger partial charge in [0.1, 0.15) is 0 Å². The molecule has 0 aromatic carbocycles. The van der Waals surface area contributed by atoms with E-state index in [0.717, 1.165) is 18.5 Å². The number of hydrogen-bond donors (Lipinski definition) is 2. The lowest BCUT2D eigenvalue weighted by atomic mass is 9.98. The second-order valence-corrected chi connectivity index (χ2v) is 4.25. The highest BCUT2D eigenvalue weighted by molar-refractivity contribution is 5.74. The van der Waals surface area contributed by atoms with Crippen LogP contribution in [0.25, 0.3) is 0 Å².